The fourth-order valence-electron chi connectivity index (χ4n) is 3.18. The molecule has 0 aromatic heterocycles. The van der Waals surface area contributed by atoms with E-state index in [1.54, 1.807) is 23.5 Å². The average Bonchev–Trinajstić information content (AvgIpc) is 2.92. The molecule has 29 heavy (non-hydrogen) atoms. The van der Waals surface area contributed by atoms with Crippen molar-refractivity contribution in [1.82, 2.24) is 0 Å². The third kappa shape index (κ3) is 3.95. The van der Waals surface area contributed by atoms with Crippen LogP contribution in [0.2, 0.25) is 0 Å². The zero-order chi connectivity index (χ0) is 19.5. The van der Waals surface area contributed by atoms with Gasteiger partial charge >= 0.3 is 0 Å². The maximum Gasteiger partial charge on any atom is 0.139 e. The van der Waals surface area contributed by atoms with Crippen molar-refractivity contribution in [2.24, 2.45) is 4.99 Å². The fourth-order valence-corrected chi connectivity index (χ4v) is 5.13. The van der Waals surface area contributed by atoms with Gasteiger partial charge in [-0.05, 0) is 42.5 Å². The van der Waals surface area contributed by atoms with Gasteiger partial charge in [0.25, 0.3) is 0 Å². The predicted octanol–water partition coefficient (Wildman–Crippen LogP) is 7.49. The highest BCUT2D eigenvalue weighted by atomic mass is 32.2. The molecule has 1 aliphatic heterocycles. The molecule has 4 aromatic carbocycles. The van der Waals surface area contributed by atoms with Crippen molar-refractivity contribution in [2.45, 2.75) is 19.6 Å². The molecule has 0 amide bonds. The second-order valence-electron chi connectivity index (χ2n) is 6.56. The summed E-state index contributed by atoms with van der Waals surface area (Å²) in [5, 5.41) is 3.58. The molecule has 1 heterocycles. The largest absolute Gasteiger partial charge is 0.339 e. The third-order valence-electron chi connectivity index (χ3n) is 4.57. The smallest absolute Gasteiger partial charge is 0.139 e. The Morgan fingerprint density at radius 3 is 2.24 bits per heavy atom. The van der Waals surface area contributed by atoms with Gasteiger partial charge in [-0.3, -0.25) is 0 Å². The van der Waals surface area contributed by atoms with Crippen LogP contribution < -0.4 is 5.32 Å². The van der Waals surface area contributed by atoms with Crippen molar-refractivity contribution >= 4 is 40.7 Å². The first kappa shape index (κ1) is 18.1. The normalized spacial score (nSPS) is 13.9. The number of nitrogens with zero attached hydrogens (tertiary/aromatic N) is 1. The van der Waals surface area contributed by atoms with E-state index in [2.05, 4.69) is 96.3 Å². The summed E-state index contributed by atoms with van der Waals surface area (Å²) in [5.41, 5.74) is 3.16. The number of hydrogen-bond donors (Lipinski definition) is 1. The topological polar surface area (TPSA) is 24.4 Å². The molecule has 0 aliphatic carbocycles. The van der Waals surface area contributed by atoms with E-state index in [9.17, 15) is 0 Å². The monoisotopic (exact) mass is 410 g/mol. The molecule has 0 spiro atoms. The van der Waals surface area contributed by atoms with E-state index in [4.69, 9.17) is 4.99 Å². The number of fused-ring (bicyclic) bond motifs is 2. The number of rotatable bonds is 3. The lowest BCUT2D eigenvalue weighted by atomic mass is 10.2. The van der Waals surface area contributed by atoms with Crippen molar-refractivity contribution in [3.8, 4) is 0 Å². The van der Waals surface area contributed by atoms with E-state index in [1.807, 2.05) is 12.1 Å². The first-order chi connectivity index (χ1) is 14.4. The molecule has 0 saturated heterocycles. The predicted molar refractivity (Wildman–Crippen MR) is 124 cm³/mol. The summed E-state index contributed by atoms with van der Waals surface area (Å²) >= 11 is 3.51. The Kier molecular flexibility index (Phi) is 5.11. The lowest BCUT2D eigenvalue weighted by Gasteiger charge is -2.11. The van der Waals surface area contributed by atoms with Crippen LogP contribution in [0, 0.1) is 0 Å². The molecule has 0 saturated carbocycles. The van der Waals surface area contributed by atoms with Crippen molar-refractivity contribution in [2.75, 3.05) is 5.32 Å². The zero-order valence-electron chi connectivity index (χ0n) is 15.6. The first-order valence-electron chi connectivity index (χ1n) is 9.41. The van der Waals surface area contributed by atoms with Crippen LogP contribution in [0.1, 0.15) is 5.56 Å². The Bertz CT molecular complexity index is 1190. The molecule has 0 atom stereocenters. The fraction of sp³-hybridized carbons (Fsp3) is 0. The second-order valence-corrected chi connectivity index (χ2v) is 8.76. The van der Waals surface area contributed by atoms with E-state index in [1.165, 1.54) is 14.7 Å². The maximum atomic E-state index is 5.09. The highest BCUT2D eigenvalue weighted by Crippen LogP contribution is 2.40. The van der Waals surface area contributed by atoms with Crippen molar-refractivity contribution in [1.29, 1.82) is 0 Å². The van der Waals surface area contributed by atoms with Crippen LogP contribution >= 0.6 is 23.5 Å². The summed E-state index contributed by atoms with van der Waals surface area (Å²) in [7, 11) is 0. The maximum absolute atomic E-state index is 5.09. The summed E-state index contributed by atoms with van der Waals surface area (Å²) in [6.45, 7) is 0. The minimum atomic E-state index is 0.874. The van der Waals surface area contributed by atoms with Gasteiger partial charge in [0.05, 0.1) is 11.4 Å². The van der Waals surface area contributed by atoms with Gasteiger partial charge in [0.1, 0.15) is 5.84 Å². The molecule has 0 bridgehead atoms. The Hall–Kier alpha value is -2.95. The molecule has 0 fully saturated rings. The minimum absolute atomic E-state index is 0.874. The summed E-state index contributed by atoms with van der Waals surface area (Å²) < 4.78 is 0. The molecule has 4 heteroatoms. The molecule has 4 aromatic rings. The van der Waals surface area contributed by atoms with E-state index in [0.717, 1.165) is 27.7 Å². The number of hydrogen-bond acceptors (Lipinski definition) is 3. The quantitative estimate of drug-likeness (QED) is 0.378. The zero-order valence-corrected chi connectivity index (χ0v) is 17.2. The molecule has 5 rings (SSSR count). The van der Waals surface area contributed by atoms with E-state index >= 15 is 0 Å². The number of aliphatic imine (C=N–C) groups is 1. The summed E-state index contributed by atoms with van der Waals surface area (Å²) in [4.78, 5) is 9.84. The van der Waals surface area contributed by atoms with Crippen molar-refractivity contribution in [3.05, 3.63) is 109 Å². The lowest BCUT2D eigenvalue weighted by Crippen LogP contribution is -2.13. The summed E-state index contributed by atoms with van der Waals surface area (Å²) in [6.07, 6.45) is 0. The number of amidine groups is 1. The molecular weight excluding hydrogens is 392 g/mol. The van der Waals surface area contributed by atoms with Crippen molar-refractivity contribution < 1.29 is 0 Å². The van der Waals surface area contributed by atoms with E-state index < -0.39 is 0 Å². The van der Waals surface area contributed by atoms with E-state index in [0.29, 0.717) is 0 Å². The van der Waals surface area contributed by atoms with Gasteiger partial charge in [0.2, 0.25) is 0 Å². The third-order valence-corrected chi connectivity index (χ3v) is 6.80. The second kappa shape index (κ2) is 8.19. The Morgan fingerprint density at radius 1 is 0.655 bits per heavy atom. The molecular formula is C25H18N2S2. The average molecular weight is 411 g/mol. The highest BCUT2D eigenvalue weighted by Gasteiger charge is 2.18. The van der Waals surface area contributed by atoms with Gasteiger partial charge in [0, 0.05) is 25.1 Å². The summed E-state index contributed by atoms with van der Waals surface area (Å²) in [5.74, 6) is 0.874. The Morgan fingerprint density at radius 2 is 1.34 bits per heavy atom. The molecule has 0 radical (unpaired) electrons. The molecule has 1 N–H and O–H groups in total. The standard InChI is InChI=1S/C25H18N2S2/c1-2-10-18(11-3-1)28-23-16-8-5-13-20(23)26-25-19-12-4-7-15-22(19)29-24-17-9-6-14-21(24)27-25/h1-17H,(H,26,27). The van der Waals surface area contributed by atoms with Gasteiger partial charge in [-0.25, -0.2) is 4.99 Å². The Balaban J connectivity index is 1.60. The van der Waals surface area contributed by atoms with Crippen LogP contribution in [0.3, 0.4) is 0 Å². The van der Waals surface area contributed by atoms with Crippen molar-refractivity contribution in [3.63, 3.8) is 0 Å². The van der Waals surface area contributed by atoms with Crippen LogP contribution in [0.5, 0.6) is 0 Å². The van der Waals surface area contributed by atoms with Gasteiger partial charge in [-0.15, -0.1) is 0 Å². The number of anilines is 1. The first-order valence-corrected chi connectivity index (χ1v) is 11.0. The van der Waals surface area contributed by atoms with Crippen LogP contribution in [0.25, 0.3) is 0 Å². The lowest BCUT2D eigenvalue weighted by molar-refractivity contribution is 1.33. The van der Waals surface area contributed by atoms with Gasteiger partial charge < -0.3 is 5.32 Å². The molecule has 1 aliphatic rings. The Labute approximate surface area is 179 Å². The van der Waals surface area contributed by atoms with Crippen LogP contribution in [0.4, 0.5) is 11.4 Å². The molecule has 2 nitrogen and oxygen atoms in total. The summed E-state index contributed by atoms with van der Waals surface area (Å²) in [6, 6.07) is 35.5. The number of nitrogens with one attached hydrogen (secondary N) is 1. The van der Waals surface area contributed by atoms with Crippen LogP contribution in [0.15, 0.2) is 128 Å². The van der Waals surface area contributed by atoms with Crippen LogP contribution in [-0.2, 0) is 0 Å². The van der Waals surface area contributed by atoms with Crippen LogP contribution in [-0.4, -0.2) is 5.84 Å². The molecule has 0 unspecified atom stereocenters. The van der Waals surface area contributed by atoms with Gasteiger partial charge in [-0.1, -0.05) is 84.2 Å². The number of benzene rings is 4. The number of para-hydroxylation sites is 2. The van der Waals surface area contributed by atoms with Gasteiger partial charge in [-0.2, -0.15) is 0 Å². The minimum Gasteiger partial charge on any atom is -0.339 e. The molecule has 140 valence electrons. The highest BCUT2D eigenvalue weighted by molar-refractivity contribution is 7.99. The van der Waals surface area contributed by atoms with E-state index in [-0.39, 0.29) is 0 Å². The van der Waals surface area contributed by atoms with Gasteiger partial charge in [0.15, 0.2) is 0 Å². The SMILES string of the molecule is c1ccc(Sc2ccccc2N=C2Nc3ccccc3Sc3ccccc32)cc1.